The number of esters is 1. The van der Waals surface area contributed by atoms with Gasteiger partial charge in [-0.15, -0.1) is 0 Å². The Bertz CT molecular complexity index is 1030. The summed E-state index contributed by atoms with van der Waals surface area (Å²) in [5.41, 5.74) is 1.62. The third kappa shape index (κ3) is 5.26. The third-order valence-electron chi connectivity index (χ3n) is 5.27. The summed E-state index contributed by atoms with van der Waals surface area (Å²) in [6.45, 7) is 3.76. The molecular weight excluding hydrogens is 416 g/mol. The van der Waals surface area contributed by atoms with Crippen LogP contribution in [0.5, 0.6) is 0 Å². The Hall–Kier alpha value is -3.82. The van der Waals surface area contributed by atoms with Gasteiger partial charge in [0.2, 0.25) is 11.8 Å². The normalized spacial score (nSPS) is 16.5. The lowest BCUT2D eigenvalue weighted by atomic mass is 10.0. The highest BCUT2D eigenvalue weighted by Gasteiger charge is 2.37. The minimum atomic E-state index is -0.664. The van der Waals surface area contributed by atoms with E-state index in [0.29, 0.717) is 16.8 Å². The fraction of sp³-hybridized carbons (Fsp3) is 0.364. The number of carbonyl (C=O) groups excluding carboxylic acids is 3. The fourth-order valence-corrected chi connectivity index (χ4v) is 3.63. The summed E-state index contributed by atoms with van der Waals surface area (Å²) in [6.07, 6.45) is 3.04. The van der Waals surface area contributed by atoms with Crippen LogP contribution in [0.4, 0.5) is 11.4 Å². The van der Waals surface area contributed by atoms with Gasteiger partial charge in [0.15, 0.2) is 0 Å². The molecule has 0 bridgehead atoms. The Balaban J connectivity index is 1.76. The van der Waals surface area contributed by atoms with Crippen molar-refractivity contribution < 1.29 is 24.0 Å². The zero-order chi connectivity index (χ0) is 23.3. The standard InChI is InChI=1S/C22H24N4O6/c1-3-32-21(28)11-18(15-5-4-8-23-12-15)24-22(29)16-9-20(27)25(13-16)19-10-17(26(30)31)7-6-14(19)2/h4-8,10,12,16,18H,3,9,11,13H2,1-2H3,(H,24,29). The zero-order valence-corrected chi connectivity index (χ0v) is 17.8. The van der Waals surface area contributed by atoms with E-state index in [4.69, 9.17) is 4.74 Å². The van der Waals surface area contributed by atoms with Crippen LogP contribution in [0.1, 0.15) is 36.9 Å². The van der Waals surface area contributed by atoms with Crippen LogP contribution in [0.3, 0.4) is 0 Å². The van der Waals surface area contributed by atoms with E-state index in [-0.39, 0.29) is 43.5 Å². The van der Waals surface area contributed by atoms with Crippen LogP contribution in [0.15, 0.2) is 42.7 Å². The maximum absolute atomic E-state index is 13.0. The van der Waals surface area contributed by atoms with Gasteiger partial charge in [0.05, 0.1) is 35.6 Å². The van der Waals surface area contributed by atoms with Crippen molar-refractivity contribution in [2.45, 2.75) is 32.7 Å². The molecular formula is C22H24N4O6. The number of amides is 2. The molecule has 1 aliphatic heterocycles. The van der Waals surface area contributed by atoms with Crippen molar-refractivity contribution in [2.75, 3.05) is 18.1 Å². The summed E-state index contributed by atoms with van der Waals surface area (Å²) in [6, 6.07) is 7.08. The largest absolute Gasteiger partial charge is 0.466 e. The topological polar surface area (TPSA) is 132 Å². The molecule has 2 amide bonds. The summed E-state index contributed by atoms with van der Waals surface area (Å²) in [5, 5.41) is 14.0. The molecule has 0 spiro atoms. The number of nitrogens with one attached hydrogen (secondary N) is 1. The van der Waals surface area contributed by atoms with Crippen molar-refractivity contribution in [2.24, 2.45) is 5.92 Å². The lowest BCUT2D eigenvalue weighted by Gasteiger charge is -2.21. The molecule has 2 atom stereocenters. The molecule has 1 N–H and O–H groups in total. The minimum absolute atomic E-state index is 0.0346. The van der Waals surface area contributed by atoms with Crippen molar-refractivity contribution in [3.8, 4) is 0 Å². The van der Waals surface area contributed by atoms with E-state index in [1.54, 1.807) is 44.4 Å². The van der Waals surface area contributed by atoms with Crippen LogP contribution in [0.25, 0.3) is 0 Å². The molecule has 1 saturated heterocycles. The monoisotopic (exact) mass is 440 g/mol. The molecule has 0 aliphatic carbocycles. The first-order chi connectivity index (χ1) is 15.3. The number of hydrogen-bond donors (Lipinski definition) is 1. The second-order valence-corrected chi connectivity index (χ2v) is 7.49. The zero-order valence-electron chi connectivity index (χ0n) is 17.8. The highest BCUT2D eigenvalue weighted by atomic mass is 16.6. The average Bonchev–Trinajstić information content (AvgIpc) is 3.15. The predicted octanol–water partition coefficient (Wildman–Crippen LogP) is 2.46. The number of aromatic nitrogens is 1. The lowest BCUT2D eigenvalue weighted by Crippen LogP contribution is -2.36. The van der Waals surface area contributed by atoms with Gasteiger partial charge in [-0.2, -0.15) is 0 Å². The number of nitro groups is 1. The lowest BCUT2D eigenvalue weighted by molar-refractivity contribution is -0.384. The molecule has 10 heteroatoms. The first kappa shape index (κ1) is 22.9. The van der Waals surface area contributed by atoms with Crippen LogP contribution < -0.4 is 10.2 Å². The molecule has 1 fully saturated rings. The van der Waals surface area contributed by atoms with E-state index >= 15 is 0 Å². The average molecular weight is 440 g/mol. The van der Waals surface area contributed by atoms with Crippen molar-refractivity contribution in [1.82, 2.24) is 10.3 Å². The van der Waals surface area contributed by atoms with Crippen molar-refractivity contribution in [1.29, 1.82) is 0 Å². The van der Waals surface area contributed by atoms with Crippen molar-refractivity contribution in [3.05, 3.63) is 64.0 Å². The number of aryl methyl sites for hydroxylation is 1. The number of nitrogens with zero attached hydrogens (tertiary/aromatic N) is 3. The van der Waals surface area contributed by atoms with E-state index in [0.717, 1.165) is 0 Å². The van der Waals surface area contributed by atoms with Gasteiger partial charge in [-0.1, -0.05) is 12.1 Å². The summed E-state index contributed by atoms with van der Waals surface area (Å²) in [4.78, 5) is 53.7. The number of pyridine rings is 1. The molecule has 2 unspecified atom stereocenters. The molecule has 0 saturated carbocycles. The first-order valence-electron chi connectivity index (χ1n) is 10.2. The van der Waals surface area contributed by atoms with Crippen LogP contribution in [-0.2, 0) is 19.1 Å². The molecule has 0 radical (unpaired) electrons. The molecule has 168 valence electrons. The second-order valence-electron chi connectivity index (χ2n) is 7.49. The van der Waals surface area contributed by atoms with Crippen molar-refractivity contribution in [3.63, 3.8) is 0 Å². The summed E-state index contributed by atoms with van der Waals surface area (Å²) in [7, 11) is 0. The summed E-state index contributed by atoms with van der Waals surface area (Å²) >= 11 is 0. The highest BCUT2D eigenvalue weighted by Crippen LogP contribution is 2.31. The summed E-state index contributed by atoms with van der Waals surface area (Å²) in [5.74, 6) is -1.81. The fourth-order valence-electron chi connectivity index (χ4n) is 3.63. The van der Waals surface area contributed by atoms with Gasteiger partial charge in [0.25, 0.3) is 5.69 Å². The Morgan fingerprint density at radius 1 is 1.38 bits per heavy atom. The Morgan fingerprint density at radius 3 is 2.81 bits per heavy atom. The smallest absolute Gasteiger partial charge is 0.308 e. The van der Waals surface area contributed by atoms with Gasteiger partial charge in [-0.25, -0.2) is 0 Å². The quantitative estimate of drug-likeness (QED) is 0.379. The van der Waals surface area contributed by atoms with E-state index in [1.165, 1.54) is 17.0 Å². The van der Waals surface area contributed by atoms with Gasteiger partial charge in [0, 0.05) is 37.5 Å². The molecule has 2 aromatic rings. The number of nitro benzene ring substituents is 1. The van der Waals surface area contributed by atoms with Crippen LogP contribution in [0, 0.1) is 23.0 Å². The maximum atomic E-state index is 13.0. The van der Waals surface area contributed by atoms with E-state index in [1.807, 2.05) is 0 Å². The maximum Gasteiger partial charge on any atom is 0.308 e. The highest BCUT2D eigenvalue weighted by molar-refractivity contribution is 6.01. The number of rotatable bonds is 8. The first-order valence-corrected chi connectivity index (χ1v) is 10.2. The van der Waals surface area contributed by atoms with Crippen molar-refractivity contribution >= 4 is 29.2 Å². The Kier molecular flexibility index (Phi) is 7.14. The molecule has 2 heterocycles. The predicted molar refractivity (Wildman–Crippen MR) is 115 cm³/mol. The number of benzene rings is 1. The number of hydrogen-bond acceptors (Lipinski definition) is 7. The third-order valence-corrected chi connectivity index (χ3v) is 5.27. The Labute approximate surface area is 184 Å². The van der Waals surface area contributed by atoms with E-state index in [9.17, 15) is 24.5 Å². The molecule has 3 rings (SSSR count). The van der Waals surface area contributed by atoms with Gasteiger partial charge in [-0.3, -0.25) is 29.5 Å². The van der Waals surface area contributed by atoms with Gasteiger partial charge in [-0.05, 0) is 31.0 Å². The second kappa shape index (κ2) is 9.99. The van der Waals surface area contributed by atoms with Crippen LogP contribution in [-0.4, -0.2) is 40.8 Å². The molecule has 10 nitrogen and oxygen atoms in total. The molecule has 1 aromatic heterocycles. The summed E-state index contributed by atoms with van der Waals surface area (Å²) < 4.78 is 5.01. The Morgan fingerprint density at radius 2 is 2.16 bits per heavy atom. The minimum Gasteiger partial charge on any atom is -0.466 e. The van der Waals surface area contributed by atoms with E-state index < -0.39 is 22.9 Å². The molecule has 1 aliphatic rings. The van der Waals surface area contributed by atoms with Gasteiger partial charge in [0.1, 0.15) is 0 Å². The number of non-ortho nitro benzene ring substituents is 1. The SMILES string of the molecule is CCOC(=O)CC(NC(=O)C1CC(=O)N(c2cc([N+](=O)[O-])ccc2C)C1)c1cccnc1. The van der Waals surface area contributed by atoms with Gasteiger partial charge >= 0.3 is 5.97 Å². The van der Waals surface area contributed by atoms with Gasteiger partial charge < -0.3 is 15.0 Å². The number of carbonyl (C=O) groups is 3. The molecule has 32 heavy (non-hydrogen) atoms. The van der Waals surface area contributed by atoms with E-state index in [2.05, 4.69) is 10.3 Å². The molecule has 1 aromatic carbocycles. The van der Waals surface area contributed by atoms with Crippen LogP contribution >= 0.6 is 0 Å². The number of anilines is 1. The number of ether oxygens (including phenoxy) is 1. The van der Waals surface area contributed by atoms with Crippen LogP contribution in [0.2, 0.25) is 0 Å².